The van der Waals surface area contributed by atoms with E-state index in [9.17, 15) is 9.59 Å². The first-order valence-electron chi connectivity index (χ1n) is 10.9. The highest BCUT2D eigenvalue weighted by molar-refractivity contribution is 6.01. The first-order chi connectivity index (χ1) is 16.5. The summed E-state index contributed by atoms with van der Waals surface area (Å²) in [5.41, 5.74) is 1.09. The molecule has 0 saturated heterocycles. The number of methoxy groups -OCH3 is 1. The van der Waals surface area contributed by atoms with E-state index in [2.05, 4.69) is 5.32 Å². The number of carbonyl (C=O) groups excluding carboxylic acids is 2. The summed E-state index contributed by atoms with van der Waals surface area (Å²) in [5, 5.41) is 2.80. The number of amides is 2. The number of fused-ring (bicyclic) bond motifs is 1. The third-order valence-corrected chi connectivity index (χ3v) is 5.21. The summed E-state index contributed by atoms with van der Waals surface area (Å²) in [5.74, 6) is 1.79. The Bertz CT molecular complexity index is 1150. The first-order valence-corrected chi connectivity index (χ1v) is 10.9. The molecule has 0 fully saturated rings. The minimum absolute atomic E-state index is 0.174. The summed E-state index contributed by atoms with van der Waals surface area (Å²) < 4.78 is 22.3. The van der Waals surface area contributed by atoms with Gasteiger partial charge in [0.1, 0.15) is 18.1 Å². The van der Waals surface area contributed by atoms with Gasteiger partial charge in [-0.1, -0.05) is 30.3 Å². The lowest BCUT2D eigenvalue weighted by molar-refractivity contribution is -0.125. The predicted molar refractivity (Wildman–Crippen MR) is 128 cm³/mol. The van der Waals surface area contributed by atoms with Crippen molar-refractivity contribution < 1.29 is 28.5 Å². The van der Waals surface area contributed by atoms with Gasteiger partial charge in [0.05, 0.1) is 19.3 Å². The van der Waals surface area contributed by atoms with Crippen LogP contribution in [0.2, 0.25) is 0 Å². The Labute approximate surface area is 198 Å². The fraction of sp³-hybridized carbons (Fsp3) is 0.231. The maximum atomic E-state index is 12.8. The van der Waals surface area contributed by atoms with E-state index in [1.807, 2.05) is 36.4 Å². The molecular formula is C26H26N2O6. The van der Waals surface area contributed by atoms with Crippen LogP contribution < -0.4 is 29.2 Å². The van der Waals surface area contributed by atoms with Gasteiger partial charge in [-0.15, -0.1) is 0 Å². The van der Waals surface area contributed by atoms with Crippen molar-refractivity contribution in [3.05, 3.63) is 72.8 Å². The minimum atomic E-state index is -0.612. The molecule has 4 rings (SSSR count). The number of ether oxygens (including phenoxy) is 4. The highest BCUT2D eigenvalue weighted by Gasteiger charge is 2.31. The van der Waals surface area contributed by atoms with Gasteiger partial charge < -0.3 is 29.2 Å². The topological polar surface area (TPSA) is 86.3 Å². The fourth-order valence-electron chi connectivity index (χ4n) is 3.57. The van der Waals surface area contributed by atoms with E-state index < -0.39 is 6.10 Å². The second-order valence-electron chi connectivity index (χ2n) is 7.58. The highest BCUT2D eigenvalue weighted by atomic mass is 16.5. The van der Waals surface area contributed by atoms with Gasteiger partial charge in [-0.3, -0.25) is 9.59 Å². The number of para-hydroxylation sites is 3. The van der Waals surface area contributed by atoms with Gasteiger partial charge >= 0.3 is 0 Å². The molecular weight excluding hydrogens is 436 g/mol. The van der Waals surface area contributed by atoms with Crippen molar-refractivity contribution in [2.75, 3.05) is 37.1 Å². The van der Waals surface area contributed by atoms with E-state index in [4.69, 9.17) is 18.9 Å². The van der Waals surface area contributed by atoms with Gasteiger partial charge in [0.25, 0.3) is 11.8 Å². The Balaban J connectivity index is 1.42. The number of rotatable bonds is 9. The quantitative estimate of drug-likeness (QED) is 0.519. The molecule has 0 bridgehead atoms. The van der Waals surface area contributed by atoms with Crippen LogP contribution in [0.1, 0.15) is 6.92 Å². The van der Waals surface area contributed by atoms with Gasteiger partial charge in [0.15, 0.2) is 24.2 Å². The van der Waals surface area contributed by atoms with Crippen molar-refractivity contribution >= 4 is 23.2 Å². The number of nitrogens with one attached hydrogen (secondary N) is 1. The summed E-state index contributed by atoms with van der Waals surface area (Å²) in [6.07, 6.45) is -0.612. The minimum Gasteiger partial charge on any atom is -0.493 e. The molecule has 1 heterocycles. The van der Waals surface area contributed by atoms with E-state index in [-0.39, 0.29) is 18.4 Å². The van der Waals surface area contributed by atoms with E-state index in [0.717, 1.165) is 5.75 Å². The molecule has 0 radical (unpaired) electrons. The Morgan fingerprint density at radius 1 is 1.00 bits per heavy atom. The molecule has 176 valence electrons. The second-order valence-corrected chi connectivity index (χ2v) is 7.58. The third-order valence-electron chi connectivity index (χ3n) is 5.21. The summed E-state index contributed by atoms with van der Waals surface area (Å²) in [6.45, 7) is 2.16. The van der Waals surface area contributed by atoms with Gasteiger partial charge in [0.2, 0.25) is 0 Å². The average molecular weight is 463 g/mol. The number of anilines is 2. The Morgan fingerprint density at radius 3 is 2.50 bits per heavy atom. The average Bonchev–Trinajstić information content (AvgIpc) is 2.86. The van der Waals surface area contributed by atoms with Gasteiger partial charge in [0, 0.05) is 5.69 Å². The number of nitrogens with zero attached hydrogens (tertiary/aromatic N) is 1. The van der Waals surface area contributed by atoms with Crippen LogP contribution in [0, 0.1) is 0 Å². The van der Waals surface area contributed by atoms with Crippen LogP contribution in [-0.4, -0.2) is 44.8 Å². The van der Waals surface area contributed by atoms with Crippen LogP contribution in [0.15, 0.2) is 72.8 Å². The van der Waals surface area contributed by atoms with Crippen molar-refractivity contribution in [1.82, 2.24) is 0 Å². The molecule has 1 aliphatic rings. The maximum absolute atomic E-state index is 12.8. The fourth-order valence-corrected chi connectivity index (χ4v) is 3.57. The molecule has 34 heavy (non-hydrogen) atoms. The zero-order valence-corrected chi connectivity index (χ0v) is 19.0. The lowest BCUT2D eigenvalue weighted by Gasteiger charge is -2.33. The molecule has 0 aliphatic carbocycles. The predicted octanol–water partition coefficient (Wildman–Crippen LogP) is 3.91. The van der Waals surface area contributed by atoms with Crippen molar-refractivity contribution in [1.29, 1.82) is 0 Å². The third kappa shape index (κ3) is 5.40. The molecule has 1 N–H and O–H groups in total. The van der Waals surface area contributed by atoms with Crippen LogP contribution in [0.25, 0.3) is 0 Å². The standard InChI is InChI=1S/C26H26N2O6/c1-18-26(30)28(14-15-32-20-8-4-3-5-9-20)21-16-19(12-13-22(21)34-18)27-25(29)17-33-24-11-7-6-10-23(24)31-2/h3-13,16,18H,14-15,17H2,1-2H3,(H,27,29). The van der Waals surface area contributed by atoms with E-state index >= 15 is 0 Å². The number of carbonyl (C=O) groups is 2. The molecule has 0 aromatic heterocycles. The largest absolute Gasteiger partial charge is 0.493 e. The number of benzene rings is 3. The maximum Gasteiger partial charge on any atom is 0.267 e. The molecule has 1 atom stereocenters. The zero-order chi connectivity index (χ0) is 23.9. The highest BCUT2D eigenvalue weighted by Crippen LogP contribution is 2.36. The molecule has 0 spiro atoms. The SMILES string of the molecule is COc1ccccc1OCC(=O)Nc1ccc2c(c1)N(CCOc1ccccc1)C(=O)C(C)O2. The lowest BCUT2D eigenvalue weighted by atomic mass is 10.1. The molecule has 8 nitrogen and oxygen atoms in total. The smallest absolute Gasteiger partial charge is 0.267 e. The summed E-state index contributed by atoms with van der Waals surface area (Å²) >= 11 is 0. The molecule has 0 saturated carbocycles. The lowest BCUT2D eigenvalue weighted by Crippen LogP contribution is -2.46. The summed E-state index contributed by atoms with van der Waals surface area (Å²) in [4.78, 5) is 26.9. The van der Waals surface area contributed by atoms with E-state index in [0.29, 0.717) is 41.8 Å². The van der Waals surface area contributed by atoms with E-state index in [1.54, 1.807) is 48.2 Å². The van der Waals surface area contributed by atoms with E-state index in [1.165, 1.54) is 7.11 Å². The van der Waals surface area contributed by atoms with Crippen LogP contribution in [0.4, 0.5) is 11.4 Å². The Kier molecular flexibility index (Phi) is 7.17. The molecule has 3 aromatic carbocycles. The van der Waals surface area contributed by atoms with Crippen molar-refractivity contribution in [3.8, 4) is 23.0 Å². The van der Waals surface area contributed by atoms with Crippen LogP contribution in [-0.2, 0) is 9.59 Å². The molecule has 3 aromatic rings. The number of hydrogen-bond acceptors (Lipinski definition) is 6. The van der Waals surface area contributed by atoms with Crippen LogP contribution in [0.5, 0.6) is 23.0 Å². The molecule has 2 amide bonds. The Hall–Kier alpha value is -4.20. The second kappa shape index (κ2) is 10.6. The first kappa shape index (κ1) is 23.0. The summed E-state index contributed by atoms with van der Waals surface area (Å²) in [7, 11) is 1.54. The molecule has 1 aliphatic heterocycles. The van der Waals surface area contributed by atoms with Gasteiger partial charge in [-0.2, -0.15) is 0 Å². The Morgan fingerprint density at radius 2 is 1.74 bits per heavy atom. The zero-order valence-electron chi connectivity index (χ0n) is 19.0. The number of hydrogen-bond donors (Lipinski definition) is 1. The van der Waals surface area contributed by atoms with Crippen LogP contribution in [0.3, 0.4) is 0 Å². The monoisotopic (exact) mass is 462 g/mol. The van der Waals surface area contributed by atoms with Crippen molar-refractivity contribution in [2.45, 2.75) is 13.0 Å². The van der Waals surface area contributed by atoms with Gasteiger partial charge in [-0.25, -0.2) is 0 Å². The van der Waals surface area contributed by atoms with Crippen molar-refractivity contribution in [3.63, 3.8) is 0 Å². The molecule has 1 unspecified atom stereocenters. The van der Waals surface area contributed by atoms with Gasteiger partial charge in [-0.05, 0) is 49.4 Å². The normalized spacial score (nSPS) is 14.6. The van der Waals surface area contributed by atoms with Crippen molar-refractivity contribution in [2.24, 2.45) is 0 Å². The molecule has 8 heteroatoms. The van der Waals surface area contributed by atoms with Crippen LogP contribution >= 0.6 is 0 Å². The summed E-state index contributed by atoms with van der Waals surface area (Å²) in [6, 6.07) is 21.7.